The number of carbonyl (C=O) groups is 1. The highest BCUT2D eigenvalue weighted by Gasteiger charge is 2.43. The summed E-state index contributed by atoms with van der Waals surface area (Å²) in [6.07, 6.45) is -1.02. The minimum atomic E-state index is -4.11. The van der Waals surface area contributed by atoms with Crippen LogP contribution in [0.2, 0.25) is 0 Å². The van der Waals surface area contributed by atoms with E-state index in [1.807, 2.05) is 0 Å². The lowest BCUT2D eigenvalue weighted by Gasteiger charge is -2.23. The molecule has 0 aliphatic carbocycles. The third-order valence-electron chi connectivity index (χ3n) is 4.23. The van der Waals surface area contributed by atoms with E-state index < -0.39 is 33.0 Å². The van der Waals surface area contributed by atoms with Crippen LogP contribution in [0.1, 0.15) is 6.42 Å². The Bertz CT molecular complexity index is 946. The maximum atomic E-state index is 12.9. The van der Waals surface area contributed by atoms with E-state index in [-0.39, 0.29) is 23.5 Å². The number of amides is 1. The van der Waals surface area contributed by atoms with Crippen LogP contribution in [-0.4, -0.2) is 47.4 Å². The third kappa shape index (κ3) is 3.97. The Morgan fingerprint density at radius 3 is 2.37 bits per heavy atom. The SMILES string of the molecule is O=C(Nc1ccccc1)[C@H]1C[C@H](O)CN1S(=O)(=O)c1ccc([N+](=O)[O-])cc1. The van der Waals surface area contributed by atoms with Crippen molar-refractivity contribution >= 4 is 27.3 Å². The van der Waals surface area contributed by atoms with Gasteiger partial charge in [-0.1, -0.05) is 18.2 Å². The largest absolute Gasteiger partial charge is 0.392 e. The number of anilines is 1. The fourth-order valence-corrected chi connectivity index (χ4v) is 4.55. The molecule has 2 aromatic carbocycles. The molecule has 2 atom stereocenters. The highest BCUT2D eigenvalue weighted by atomic mass is 32.2. The summed E-state index contributed by atoms with van der Waals surface area (Å²) < 4.78 is 26.7. The first-order valence-corrected chi connectivity index (χ1v) is 9.53. The van der Waals surface area contributed by atoms with Crippen molar-refractivity contribution < 1.29 is 23.2 Å². The van der Waals surface area contributed by atoms with Gasteiger partial charge in [-0.15, -0.1) is 0 Å². The smallest absolute Gasteiger partial charge is 0.269 e. The summed E-state index contributed by atoms with van der Waals surface area (Å²) in [6.45, 7) is -0.230. The molecule has 2 aromatic rings. The summed E-state index contributed by atoms with van der Waals surface area (Å²) in [7, 11) is -4.11. The van der Waals surface area contributed by atoms with E-state index in [0.717, 1.165) is 28.6 Å². The second-order valence-electron chi connectivity index (χ2n) is 6.09. The normalized spacial score (nSPS) is 20.3. The van der Waals surface area contributed by atoms with Gasteiger partial charge in [-0.3, -0.25) is 14.9 Å². The maximum absolute atomic E-state index is 12.9. The topological polar surface area (TPSA) is 130 Å². The molecule has 0 spiro atoms. The molecule has 0 saturated carbocycles. The predicted molar refractivity (Wildman–Crippen MR) is 96.5 cm³/mol. The van der Waals surface area contributed by atoms with E-state index in [1.54, 1.807) is 30.3 Å². The molecule has 1 heterocycles. The van der Waals surface area contributed by atoms with Crippen LogP contribution in [-0.2, 0) is 14.8 Å². The second kappa shape index (κ2) is 7.43. The number of nitro benzene ring substituents is 1. The fraction of sp³-hybridized carbons (Fsp3) is 0.235. The number of nitrogens with one attached hydrogen (secondary N) is 1. The van der Waals surface area contributed by atoms with Gasteiger partial charge in [0.2, 0.25) is 15.9 Å². The van der Waals surface area contributed by atoms with E-state index in [1.165, 1.54) is 0 Å². The zero-order valence-electron chi connectivity index (χ0n) is 14.1. The zero-order chi connectivity index (χ0) is 19.6. The number of carbonyl (C=O) groups excluding carboxylic acids is 1. The molecule has 2 N–H and O–H groups in total. The van der Waals surface area contributed by atoms with Crippen LogP contribution in [0.5, 0.6) is 0 Å². The quantitative estimate of drug-likeness (QED) is 0.585. The summed E-state index contributed by atoms with van der Waals surface area (Å²) in [5.41, 5.74) is 0.269. The minimum Gasteiger partial charge on any atom is -0.392 e. The van der Waals surface area contributed by atoms with Gasteiger partial charge < -0.3 is 10.4 Å². The number of β-amino-alcohol motifs (C(OH)–C–C–N with tert-alkyl or cyclic N) is 1. The van der Waals surface area contributed by atoms with Crippen molar-refractivity contribution in [2.75, 3.05) is 11.9 Å². The van der Waals surface area contributed by atoms with Crippen molar-refractivity contribution in [1.82, 2.24) is 4.31 Å². The van der Waals surface area contributed by atoms with Gasteiger partial charge >= 0.3 is 0 Å². The molecule has 1 saturated heterocycles. The van der Waals surface area contributed by atoms with Crippen molar-refractivity contribution in [2.24, 2.45) is 0 Å². The van der Waals surface area contributed by atoms with Gasteiger partial charge in [0, 0.05) is 30.8 Å². The molecular weight excluding hydrogens is 374 g/mol. The molecule has 0 radical (unpaired) electrons. The molecule has 1 amide bonds. The average molecular weight is 391 g/mol. The first-order chi connectivity index (χ1) is 12.8. The molecule has 1 fully saturated rings. The Morgan fingerprint density at radius 2 is 1.78 bits per heavy atom. The number of aliphatic hydroxyl groups is 1. The van der Waals surface area contributed by atoms with Crippen molar-refractivity contribution in [2.45, 2.75) is 23.5 Å². The Labute approximate surface area is 155 Å². The first-order valence-electron chi connectivity index (χ1n) is 8.09. The number of benzene rings is 2. The van der Waals surface area contributed by atoms with Crippen LogP contribution in [0, 0.1) is 10.1 Å². The Morgan fingerprint density at radius 1 is 1.15 bits per heavy atom. The Kier molecular flexibility index (Phi) is 5.22. The number of sulfonamides is 1. The summed E-state index contributed by atoms with van der Waals surface area (Å²) in [6, 6.07) is 11.9. The maximum Gasteiger partial charge on any atom is 0.269 e. The molecule has 0 aromatic heterocycles. The van der Waals surface area contributed by atoms with Crippen LogP contribution in [0.4, 0.5) is 11.4 Å². The summed E-state index contributed by atoms with van der Waals surface area (Å²) in [5.74, 6) is -0.553. The van der Waals surface area contributed by atoms with E-state index in [2.05, 4.69) is 5.32 Å². The number of hydrogen-bond acceptors (Lipinski definition) is 6. The predicted octanol–water partition coefficient (Wildman–Crippen LogP) is 1.36. The second-order valence-corrected chi connectivity index (χ2v) is 7.98. The highest BCUT2D eigenvalue weighted by Crippen LogP contribution is 2.28. The van der Waals surface area contributed by atoms with Gasteiger partial charge in [0.05, 0.1) is 15.9 Å². The summed E-state index contributed by atoms with van der Waals surface area (Å²) in [5, 5.41) is 23.3. The molecule has 9 nitrogen and oxygen atoms in total. The number of non-ortho nitro benzene ring substituents is 1. The number of aliphatic hydroxyl groups excluding tert-OH is 1. The molecule has 27 heavy (non-hydrogen) atoms. The number of nitro groups is 1. The van der Waals surface area contributed by atoms with Crippen LogP contribution in [0.3, 0.4) is 0 Å². The monoisotopic (exact) mass is 391 g/mol. The van der Waals surface area contributed by atoms with Gasteiger partial charge in [0.1, 0.15) is 6.04 Å². The third-order valence-corrected chi connectivity index (χ3v) is 6.12. The van der Waals surface area contributed by atoms with Crippen molar-refractivity contribution in [3.8, 4) is 0 Å². The molecule has 0 bridgehead atoms. The molecular formula is C17H17N3O6S. The number of para-hydroxylation sites is 1. The lowest BCUT2D eigenvalue weighted by Crippen LogP contribution is -2.43. The summed E-state index contributed by atoms with van der Waals surface area (Å²) >= 11 is 0. The van der Waals surface area contributed by atoms with Crippen molar-refractivity contribution in [3.05, 3.63) is 64.7 Å². The van der Waals surface area contributed by atoms with Gasteiger partial charge in [-0.2, -0.15) is 4.31 Å². The number of nitrogens with zero attached hydrogens (tertiary/aromatic N) is 2. The highest BCUT2D eigenvalue weighted by molar-refractivity contribution is 7.89. The average Bonchev–Trinajstić information content (AvgIpc) is 3.05. The lowest BCUT2D eigenvalue weighted by molar-refractivity contribution is -0.384. The molecule has 142 valence electrons. The van der Waals surface area contributed by atoms with Gasteiger partial charge in [-0.25, -0.2) is 8.42 Å². The van der Waals surface area contributed by atoms with E-state index >= 15 is 0 Å². The zero-order valence-corrected chi connectivity index (χ0v) is 14.9. The van der Waals surface area contributed by atoms with Gasteiger partial charge in [0.25, 0.3) is 5.69 Å². The lowest BCUT2D eigenvalue weighted by atomic mass is 10.2. The molecule has 3 rings (SSSR count). The summed E-state index contributed by atoms with van der Waals surface area (Å²) in [4.78, 5) is 22.5. The fourth-order valence-electron chi connectivity index (χ4n) is 2.91. The van der Waals surface area contributed by atoms with Crippen LogP contribution >= 0.6 is 0 Å². The molecule has 10 heteroatoms. The van der Waals surface area contributed by atoms with Crippen molar-refractivity contribution in [3.63, 3.8) is 0 Å². The van der Waals surface area contributed by atoms with E-state index in [4.69, 9.17) is 0 Å². The molecule has 1 aliphatic rings. The minimum absolute atomic E-state index is 0.0368. The van der Waals surface area contributed by atoms with Crippen LogP contribution in [0.25, 0.3) is 0 Å². The van der Waals surface area contributed by atoms with E-state index in [9.17, 15) is 28.4 Å². The Hall–Kier alpha value is -2.82. The number of rotatable bonds is 5. The van der Waals surface area contributed by atoms with Gasteiger partial charge in [-0.05, 0) is 24.3 Å². The first kappa shape index (κ1) is 19.0. The van der Waals surface area contributed by atoms with Gasteiger partial charge in [0.15, 0.2) is 0 Å². The Balaban J connectivity index is 1.86. The van der Waals surface area contributed by atoms with Crippen molar-refractivity contribution in [1.29, 1.82) is 0 Å². The van der Waals surface area contributed by atoms with Crippen LogP contribution in [0.15, 0.2) is 59.5 Å². The standard InChI is InChI=1S/C17H17N3O6S/c21-14-10-16(17(22)18-12-4-2-1-3-5-12)19(11-14)27(25,26)15-8-6-13(7-9-15)20(23)24/h1-9,14,16,21H,10-11H2,(H,18,22)/t14-,16+/m0/s1. The molecule has 0 unspecified atom stereocenters. The number of hydrogen-bond donors (Lipinski definition) is 2. The molecule has 1 aliphatic heterocycles. The van der Waals surface area contributed by atoms with Crippen LogP contribution < -0.4 is 5.32 Å². The van der Waals surface area contributed by atoms with E-state index in [0.29, 0.717) is 5.69 Å².